The molecule has 0 fully saturated rings. The van der Waals surface area contributed by atoms with Crippen molar-refractivity contribution in [2.45, 2.75) is 0 Å². The summed E-state index contributed by atoms with van der Waals surface area (Å²) >= 11 is 1.38. The smallest absolute Gasteiger partial charge is 0.287 e. The van der Waals surface area contributed by atoms with Crippen molar-refractivity contribution in [3.05, 3.63) is 58.5 Å². The molecule has 3 rings (SSSR count). The fraction of sp³-hybridized carbons (Fsp3) is 0.125. The van der Waals surface area contributed by atoms with Crippen LogP contribution in [0.5, 0.6) is 0 Å². The van der Waals surface area contributed by atoms with Crippen LogP contribution in [0, 0.1) is 0 Å². The summed E-state index contributed by atoms with van der Waals surface area (Å²) in [5.41, 5.74) is 0.679. The number of rotatable bonds is 5. The van der Waals surface area contributed by atoms with Crippen LogP contribution in [0.3, 0.4) is 0 Å². The highest BCUT2D eigenvalue weighted by atomic mass is 32.1. The lowest BCUT2D eigenvalue weighted by Crippen LogP contribution is -2.34. The first kappa shape index (κ1) is 14.3. The Balaban J connectivity index is 1.49. The predicted octanol–water partition coefficient (Wildman–Crippen LogP) is 2.65. The van der Waals surface area contributed by atoms with E-state index in [1.165, 1.54) is 11.3 Å². The summed E-state index contributed by atoms with van der Waals surface area (Å²) in [6.45, 7) is 0.704. The minimum Gasteiger partial charge on any atom is -0.451 e. The van der Waals surface area contributed by atoms with Crippen LogP contribution >= 0.6 is 11.3 Å². The largest absolute Gasteiger partial charge is 0.451 e. The summed E-state index contributed by atoms with van der Waals surface area (Å²) in [4.78, 5) is 24.3. The highest BCUT2D eigenvalue weighted by Gasteiger charge is 2.11. The minimum atomic E-state index is -0.290. The molecule has 6 heteroatoms. The molecule has 0 saturated carbocycles. The second-order valence-electron chi connectivity index (χ2n) is 4.64. The number of para-hydroxylation sites is 1. The molecule has 3 aromatic rings. The van der Waals surface area contributed by atoms with Gasteiger partial charge in [0, 0.05) is 18.5 Å². The van der Waals surface area contributed by atoms with Gasteiger partial charge >= 0.3 is 0 Å². The van der Waals surface area contributed by atoms with Gasteiger partial charge in [0.05, 0.1) is 4.88 Å². The molecule has 0 spiro atoms. The maximum absolute atomic E-state index is 12.0. The normalized spacial score (nSPS) is 10.5. The number of furan rings is 1. The molecular formula is C16H14N2O3S. The maximum atomic E-state index is 12.0. The number of carbonyl (C=O) groups is 2. The number of nitrogens with one attached hydrogen (secondary N) is 2. The predicted molar refractivity (Wildman–Crippen MR) is 85.2 cm³/mol. The summed E-state index contributed by atoms with van der Waals surface area (Å²) in [7, 11) is 0. The SMILES string of the molecule is O=C(NCCNC(=O)c1cccs1)c1cc2ccccc2o1. The molecule has 2 N–H and O–H groups in total. The van der Waals surface area contributed by atoms with Gasteiger partial charge in [0.15, 0.2) is 5.76 Å². The zero-order chi connectivity index (χ0) is 15.4. The molecule has 0 saturated heterocycles. The third-order valence-electron chi connectivity index (χ3n) is 3.09. The van der Waals surface area contributed by atoms with E-state index in [0.717, 1.165) is 5.39 Å². The van der Waals surface area contributed by atoms with E-state index in [1.807, 2.05) is 35.7 Å². The maximum Gasteiger partial charge on any atom is 0.287 e. The van der Waals surface area contributed by atoms with Crippen molar-refractivity contribution in [3.8, 4) is 0 Å². The number of benzene rings is 1. The Hall–Kier alpha value is -2.60. The zero-order valence-electron chi connectivity index (χ0n) is 11.7. The fourth-order valence-corrected chi connectivity index (χ4v) is 2.67. The Morgan fingerprint density at radius 1 is 1.00 bits per heavy atom. The van der Waals surface area contributed by atoms with Crippen LogP contribution in [0.1, 0.15) is 20.2 Å². The van der Waals surface area contributed by atoms with Crippen LogP contribution in [0.2, 0.25) is 0 Å². The van der Waals surface area contributed by atoms with Gasteiger partial charge in [-0.1, -0.05) is 24.3 Å². The molecule has 0 aliphatic carbocycles. The molecule has 2 aromatic heterocycles. The van der Waals surface area contributed by atoms with E-state index in [9.17, 15) is 9.59 Å². The highest BCUT2D eigenvalue weighted by molar-refractivity contribution is 7.12. The van der Waals surface area contributed by atoms with Crippen LogP contribution in [0.4, 0.5) is 0 Å². The summed E-state index contributed by atoms with van der Waals surface area (Å²) in [6, 6.07) is 12.7. The van der Waals surface area contributed by atoms with Gasteiger partial charge in [-0.15, -0.1) is 11.3 Å². The second kappa shape index (κ2) is 6.44. The Bertz CT molecular complexity index is 760. The molecule has 112 valence electrons. The Labute approximate surface area is 130 Å². The summed E-state index contributed by atoms with van der Waals surface area (Å²) < 4.78 is 5.47. The van der Waals surface area contributed by atoms with Crippen molar-refractivity contribution in [2.24, 2.45) is 0 Å². The van der Waals surface area contributed by atoms with E-state index in [2.05, 4.69) is 10.6 Å². The van der Waals surface area contributed by atoms with Crippen molar-refractivity contribution < 1.29 is 14.0 Å². The van der Waals surface area contributed by atoms with E-state index >= 15 is 0 Å². The molecule has 0 unspecified atom stereocenters. The number of hydrogen-bond donors (Lipinski definition) is 2. The van der Waals surface area contributed by atoms with Crippen molar-refractivity contribution in [1.82, 2.24) is 10.6 Å². The first-order valence-electron chi connectivity index (χ1n) is 6.82. The monoisotopic (exact) mass is 314 g/mol. The van der Waals surface area contributed by atoms with Crippen molar-refractivity contribution in [2.75, 3.05) is 13.1 Å². The van der Waals surface area contributed by atoms with Crippen molar-refractivity contribution in [3.63, 3.8) is 0 Å². The van der Waals surface area contributed by atoms with Gasteiger partial charge in [0.2, 0.25) is 0 Å². The molecule has 0 atom stereocenters. The lowest BCUT2D eigenvalue weighted by molar-refractivity contribution is 0.0913. The van der Waals surface area contributed by atoms with E-state index in [-0.39, 0.29) is 17.6 Å². The highest BCUT2D eigenvalue weighted by Crippen LogP contribution is 2.18. The van der Waals surface area contributed by atoms with E-state index in [1.54, 1.807) is 12.1 Å². The Morgan fingerprint density at radius 3 is 2.50 bits per heavy atom. The zero-order valence-corrected chi connectivity index (χ0v) is 12.5. The number of carbonyl (C=O) groups excluding carboxylic acids is 2. The third-order valence-corrected chi connectivity index (χ3v) is 3.96. The molecule has 2 heterocycles. The van der Waals surface area contributed by atoms with Gasteiger partial charge in [-0.2, -0.15) is 0 Å². The van der Waals surface area contributed by atoms with Crippen LogP contribution in [-0.4, -0.2) is 24.9 Å². The molecule has 2 amide bonds. The van der Waals surface area contributed by atoms with E-state index < -0.39 is 0 Å². The molecule has 0 radical (unpaired) electrons. The van der Waals surface area contributed by atoms with Crippen LogP contribution < -0.4 is 10.6 Å². The van der Waals surface area contributed by atoms with Crippen LogP contribution in [0.15, 0.2) is 52.3 Å². The number of amides is 2. The lowest BCUT2D eigenvalue weighted by atomic mass is 10.2. The average Bonchev–Trinajstić information content (AvgIpc) is 3.19. The molecular weight excluding hydrogens is 300 g/mol. The summed E-state index contributed by atoms with van der Waals surface area (Å²) in [5, 5.41) is 8.19. The van der Waals surface area contributed by atoms with E-state index in [4.69, 9.17) is 4.42 Å². The van der Waals surface area contributed by atoms with E-state index in [0.29, 0.717) is 23.5 Å². The summed E-state index contributed by atoms with van der Waals surface area (Å²) in [6.07, 6.45) is 0. The molecule has 0 aliphatic heterocycles. The van der Waals surface area contributed by atoms with Crippen LogP contribution in [0.25, 0.3) is 11.0 Å². The standard InChI is InChI=1S/C16H14N2O3S/c19-15(13-10-11-4-1-2-5-12(11)21-13)17-7-8-18-16(20)14-6-3-9-22-14/h1-6,9-10H,7-8H2,(H,17,19)(H,18,20). The van der Waals surface area contributed by atoms with Gasteiger partial charge in [-0.3, -0.25) is 9.59 Å². The first-order chi connectivity index (χ1) is 10.7. The molecule has 5 nitrogen and oxygen atoms in total. The third kappa shape index (κ3) is 3.17. The lowest BCUT2D eigenvalue weighted by Gasteiger charge is -2.04. The molecule has 1 aromatic carbocycles. The molecule has 0 bridgehead atoms. The van der Waals surface area contributed by atoms with Crippen LogP contribution in [-0.2, 0) is 0 Å². The van der Waals surface area contributed by atoms with Crippen molar-refractivity contribution in [1.29, 1.82) is 0 Å². The number of fused-ring (bicyclic) bond motifs is 1. The first-order valence-corrected chi connectivity index (χ1v) is 7.70. The average molecular weight is 314 g/mol. The Kier molecular flexibility index (Phi) is 4.20. The minimum absolute atomic E-state index is 0.131. The van der Waals surface area contributed by atoms with Gasteiger partial charge in [0.1, 0.15) is 5.58 Å². The van der Waals surface area contributed by atoms with Gasteiger partial charge in [0.25, 0.3) is 11.8 Å². The summed E-state index contributed by atoms with van der Waals surface area (Å²) in [5.74, 6) is -0.152. The number of hydrogen-bond acceptors (Lipinski definition) is 4. The van der Waals surface area contributed by atoms with Gasteiger partial charge < -0.3 is 15.1 Å². The molecule has 22 heavy (non-hydrogen) atoms. The fourth-order valence-electron chi connectivity index (χ4n) is 2.03. The van der Waals surface area contributed by atoms with Gasteiger partial charge in [-0.25, -0.2) is 0 Å². The second-order valence-corrected chi connectivity index (χ2v) is 5.59. The topological polar surface area (TPSA) is 71.3 Å². The van der Waals surface area contributed by atoms with Gasteiger partial charge in [-0.05, 0) is 23.6 Å². The number of thiophene rings is 1. The molecule has 0 aliphatic rings. The Morgan fingerprint density at radius 2 is 1.77 bits per heavy atom. The van der Waals surface area contributed by atoms with Crippen molar-refractivity contribution >= 4 is 34.1 Å². The quantitative estimate of drug-likeness (QED) is 0.711.